The molecule has 1 aliphatic rings. The molecular formula is C12H18BrN3O. The number of aromatic nitrogens is 2. The van der Waals surface area contributed by atoms with Crippen molar-refractivity contribution in [3.05, 3.63) is 12.4 Å². The van der Waals surface area contributed by atoms with Crippen LogP contribution in [-0.4, -0.2) is 34.0 Å². The van der Waals surface area contributed by atoms with Crippen molar-refractivity contribution in [2.75, 3.05) is 16.8 Å². The van der Waals surface area contributed by atoms with Crippen molar-refractivity contribution < 1.29 is 4.74 Å². The summed E-state index contributed by atoms with van der Waals surface area (Å²) in [5.41, 5.74) is 0. The summed E-state index contributed by atoms with van der Waals surface area (Å²) in [4.78, 5) is 10.8. The van der Waals surface area contributed by atoms with Crippen molar-refractivity contribution in [1.29, 1.82) is 0 Å². The number of anilines is 1. The molecule has 0 saturated heterocycles. The number of rotatable bonds is 6. The fourth-order valence-electron chi connectivity index (χ4n) is 1.75. The molecule has 0 aliphatic heterocycles. The standard InChI is InChI=1S/C12H18BrN3O/c1-9(2)17-12-7-11(14-8-15-12)16(6-5-13)10-3-4-10/h7-10H,3-6H2,1-2H3. The zero-order valence-electron chi connectivity index (χ0n) is 10.3. The summed E-state index contributed by atoms with van der Waals surface area (Å²) in [5.74, 6) is 1.63. The minimum atomic E-state index is 0.142. The van der Waals surface area contributed by atoms with Gasteiger partial charge in [0.1, 0.15) is 12.1 Å². The van der Waals surface area contributed by atoms with E-state index in [4.69, 9.17) is 4.74 Å². The number of alkyl halides is 1. The topological polar surface area (TPSA) is 38.2 Å². The van der Waals surface area contributed by atoms with Crippen LogP contribution in [0.2, 0.25) is 0 Å². The first kappa shape index (κ1) is 12.6. The van der Waals surface area contributed by atoms with Crippen LogP contribution in [0.25, 0.3) is 0 Å². The normalized spacial score (nSPS) is 15.1. The van der Waals surface area contributed by atoms with Gasteiger partial charge in [0.25, 0.3) is 0 Å². The average Bonchev–Trinajstić information content (AvgIpc) is 3.09. The molecule has 0 N–H and O–H groups in total. The molecule has 0 spiro atoms. The summed E-state index contributed by atoms with van der Waals surface area (Å²) in [6.07, 6.45) is 4.24. The third-order valence-corrected chi connectivity index (χ3v) is 2.95. The largest absolute Gasteiger partial charge is 0.475 e. The highest BCUT2D eigenvalue weighted by molar-refractivity contribution is 9.09. The highest BCUT2D eigenvalue weighted by Crippen LogP contribution is 2.31. The van der Waals surface area contributed by atoms with E-state index in [9.17, 15) is 0 Å². The molecule has 17 heavy (non-hydrogen) atoms. The summed E-state index contributed by atoms with van der Waals surface area (Å²) < 4.78 is 5.59. The van der Waals surface area contributed by atoms with Crippen LogP contribution < -0.4 is 9.64 Å². The Kier molecular flexibility index (Phi) is 4.20. The maximum Gasteiger partial charge on any atom is 0.218 e. The molecule has 0 unspecified atom stereocenters. The van der Waals surface area contributed by atoms with Gasteiger partial charge >= 0.3 is 0 Å². The van der Waals surface area contributed by atoms with E-state index in [0.29, 0.717) is 11.9 Å². The molecule has 0 amide bonds. The lowest BCUT2D eigenvalue weighted by Gasteiger charge is -2.22. The average molecular weight is 300 g/mol. The van der Waals surface area contributed by atoms with Crippen molar-refractivity contribution in [3.8, 4) is 5.88 Å². The smallest absolute Gasteiger partial charge is 0.218 e. The van der Waals surface area contributed by atoms with Crippen molar-refractivity contribution in [3.63, 3.8) is 0 Å². The molecule has 1 aromatic rings. The molecule has 5 heteroatoms. The van der Waals surface area contributed by atoms with Crippen molar-refractivity contribution in [1.82, 2.24) is 9.97 Å². The molecule has 1 fully saturated rings. The fourth-order valence-corrected chi connectivity index (χ4v) is 2.14. The highest BCUT2D eigenvalue weighted by Gasteiger charge is 2.29. The van der Waals surface area contributed by atoms with Gasteiger partial charge in [-0.1, -0.05) is 15.9 Å². The number of hydrogen-bond acceptors (Lipinski definition) is 4. The lowest BCUT2D eigenvalue weighted by atomic mass is 10.4. The van der Waals surface area contributed by atoms with Crippen LogP contribution in [0.5, 0.6) is 5.88 Å². The summed E-state index contributed by atoms with van der Waals surface area (Å²) in [6, 6.07) is 2.58. The molecule has 1 aliphatic carbocycles. The maximum atomic E-state index is 5.59. The molecule has 0 aromatic carbocycles. The second kappa shape index (κ2) is 5.67. The number of hydrogen-bond donors (Lipinski definition) is 0. The molecule has 4 nitrogen and oxygen atoms in total. The van der Waals surface area contributed by atoms with Gasteiger partial charge in [-0.2, -0.15) is 0 Å². The van der Waals surface area contributed by atoms with Crippen LogP contribution in [0, 0.1) is 0 Å². The van der Waals surface area contributed by atoms with E-state index in [1.54, 1.807) is 6.33 Å². The van der Waals surface area contributed by atoms with Gasteiger partial charge in [0.2, 0.25) is 5.88 Å². The van der Waals surface area contributed by atoms with Gasteiger partial charge < -0.3 is 9.64 Å². The molecular weight excluding hydrogens is 282 g/mol. The van der Waals surface area contributed by atoms with E-state index in [0.717, 1.165) is 17.7 Å². The van der Waals surface area contributed by atoms with E-state index in [2.05, 4.69) is 30.8 Å². The Labute approximate surface area is 111 Å². The quantitative estimate of drug-likeness (QED) is 0.757. The number of ether oxygens (including phenoxy) is 1. The second-order valence-electron chi connectivity index (χ2n) is 4.49. The maximum absolute atomic E-state index is 5.59. The minimum Gasteiger partial charge on any atom is -0.475 e. The number of halogens is 1. The van der Waals surface area contributed by atoms with Crippen LogP contribution in [0.4, 0.5) is 5.82 Å². The van der Waals surface area contributed by atoms with Crippen LogP contribution in [0.3, 0.4) is 0 Å². The van der Waals surface area contributed by atoms with Crippen molar-refractivity contribution >= 4 is 21.7 Å². The molecule has 0 atom stereocenters. The first-order valence-electron chi connectivity index (χ1n) is 6.02. The lowest BCUT2D eigenvalue weighted by molar-refractivity contribution is 0.232. The van der Waals surface area contributed by atoms with Crippen molar-refractivity contribution in [2.24, 2.45) is 0 Å². The summed E-state index contributed by atoms with van der Waals surface area (Å²) in [7, 11) is 0. The Morgan fingerprint density at radius 2 is 2.24 bits per heavy atom. The molecule has 0 bridgehead atoms. The third kappa shape index (κ3) is 3.56. The number of nitrogens with zero attached hydrogens (tertiary/aromatic N) is 3. The van der Waals surface area contributed by atoms with Gasteiger partial charge in [0.15, 0.2) is 0 Å². The Morgan fingerprint density at radius 3 is 2.82 bits per heavy atom. The van der Waals surface area contributed by atoms with Gasteiger partial charge in [-0.05, 0) is 26.7 Å². The van der Waals surface area contributed by atoms with Gasteiger partial charge in [0, 0.05) is 24.0 Å². The summed E-state index contributed by atoms with van der Waals surface area (Å²) in [5, 5.41) is 0.952. The first-order valence-corrected chi connectivity index (χ1v) is 7.14. The molecule has 1 saturated carbocycles. The molecule has 1 aromatic heterocycles. The Morgan fingerprint density at radius 1 is 1.47 bits per heavy atom. The van der Waals surface area contributed by atoms with E-state index >= 15 is 0 Å². The van der Waals surface area contributed by atoms with Gasteiger partial charge in [-0.15, -0.1) is 0 Å². The predicted molar refractivity (Wildman–Crippen MR) is 72.0 cm³/mol. The first-order chi connectivity index (χ1) is 8.20. The van der Waals surface area contributed by atoms with Gasteiger partial charge in [0.05, 0.1) is 6.10 Å². The van der Waals surface area contributed by atoms with E-state index in [1.807, 2.05) is 19.9 Å². The predicted octanol–water partition coefficient (Wildman–Crippen LogP) is 2.63. The Hall–Kier alpha value is -0.840. The molecule has 2 rings (SSSR count). The Balaban J connectivity index is 2.12. The summed E-state index contributed by atoms with van der Waals surface area (Å²) >= 11 is 3.49. The molecule has 94 valence electrons. The van der Waals surface area contributed by atoms with Gasteiger partial charge in [-0.3, -0.25) is 0 Å². The Bertz CT molecular complexity index is 369. The lowest BCUT2D eigenvalue weighted by Crippen LogP contribution is -2.28. The zero-order valence-corrected chi connectivity index (χ0v) is 11.9. The van der Waals surface area contributed by atoms with Crippen LogP contribution in [0.1, 0.15) is 26.7 Å². The van der Waals surface area contributed by atoms with Crippen molar-refractivity contribution in [2.45, 2.75) is 38.8 Å². The fraction of sp³-hybridized carbons (Fsp3) is 0.667. The van der Waals surface area contributed by atoms with Gasteiger partial charge in [-0.25, -0.2) is 9.97 Å². The summed E-state index contributed by atoms with van der Waals surface area (Å²) in [6.45, 7) is 4.97. The third-order valence-electron chi connectivity index (χ3n) is 2.59. The SMILES string of the molecule is CC(C)Oc1cc(N(CCBr)C2CC2)ncn1. The highest BCUT2D eigenvalue weighted by atomic mass is 79.9. The van der Waals surface area contributed by atoms with Crippen LogP contribution >= 0.6 is 15.9 Å². The monoisotopic (exact) mass is 299 g/mol. The van der Waals surface area contributed by atoms with E-state index in [-0.39, 0.29) is 6.10 Å². The van der Waals surface area contributed by atoms with E-state index < -0.39 is 0 Å². The van der Waals surface area contributed by atoms with Crippen LogP contribution in [-0.2, 0) is 0 Å². The van der Waals surface area contributed by atoms with E-state index in [1.165, 1.54) is 12.8 Å². The molecule has 1 heterocycles. The molecule has 0 radical (unpaired) electrons. The second-order valence-corrected chi connectivity index (χ2v) is 5.29. The van der Waals surface area contributed by atoms with Crippen LogP contribution in [0.15, 0.2) is 12.4 Å². The minimum absolute atomic E-state index is 0.142. The zero-order chi connectivity index (χ0) is 12.3.